The van der Waals surface area contributed by atoms with Crippen LogP contribution < -0.4 is 5.30 Å². The van der Waals surface area contributed by atoms with Crippen molar-refractivity contribution in [1.82, 2.24) is 0 Å². The van der Waals surface area contributed by atoms with Crippen molar-refractivity contribution in [2.75, 3.05) is 0 Å². The minimum atomic E-state index is -3.00. The number of hydrogen-bond acceptors (Lipinski definition) is 2. The van der Waals surface area contributed by atoms with Crippen LogP contribution in [0.15, 0.2) is 91.0 Å². The highest BCUT2D eigenvalue weighted by Crippen LogP contribution is 2.74. The van der Waals surface area contributed by atoms with E-state index >= 15 is 4.57 Å². The smallest absolute Gasteiger partial charge is 0.140 e. The van der Waals surface area contributed by atoms with Crippen LogP contribution >= 0.6 is 7.14 Å². The maximum Gasteiger partial charge on any atom is 0.140 e. The van der Waals surface area contributed by atoms with Gasteiger partial charge < -0.3 is 4.57 Å². The van der Waals surface area contributed by atoms with Gasteiger partial charge in [0.25, 0.3) is 0 Å². The van der Waals surface area contributed by atoms with E-state index in [2.05, 4.69) is 0 Å². The van der Waals surface area contributed by atoms with Crippen molar-refractivity contribution in [2.24, 2.45) is 11.8 Å². The summed E-state index contributed by atoms with van der Waals surface area (Å²) in [6, 6.07) is 29.7. The van der Waals surface area contributed by atoms with E-state index in [9.17, 15) is 4.79 Å². The maximum absolute atomic E-state index is 15.1. The lowest BCUT2D eigenvalue weighted by Gasteiger charge is -2.45. The summed E-state index contributed by atoms with van der Waals surface area (Å²) < 4.78 is 15.1. The number of benzene rings is 3. The molecule has 3 aromatic carbocycles. The first-order valence-corrected chi connectivity index (χ1v) is 11.7. The number of ketones is 1. The molecule has 1 heterocycles. The molecule has 1 fully saturated rings. The van der Waals surface area contributed by atoms with Gasteiger partial charge in [-0.25, -0.2) is 0 Å². The van der Waals surface area contributed by atoms with Crippen LogP contribution in [-0.4, -0.2) is 5.78 Å². The maximum atomic E-state index is 15.1. The number of Topliss-reactive ketones (excluding diaryl/α,β-unsaturated/α-hetero) is 1. The number of rotatable bonds is 3. The van der Waals surface area contributed by atoms with Crippen molar-refractivity contribution < 1.29 is 9.36 Å². The summed E-state index contributed by atoms with van der Waals surface area (Å²) in [5, 5.41) is 0.865. The molecule has 0 spiro atoms. The van der Waals surface area contributed by atoms with Gasteiger partial charge in [-0.15, -0.1) is 0 Å². The molecule has 1 saturated heterocycles. The molecule has 4 rings (SSSR count). The van der Waals surface area contributed by atoms with E-state index < -0.39 is 7.14 Å². The van der Waals surface area contributed by atoms with E-state index in [0.29, 0.717) is 0 Å². The second-order valence-corrected chi connectivity index (χ2v) is 10.8. The first kappa shape index (κ1) is 18.9. The van der Waals surface area contributed by atoms with Crippen LogP contribution in [0, 0.1) is 11.8 Å². The van der Waals surface area contributed by atoms with Crippen LogP contribution in [0.4, 0.5) is 0 Å². The van der Waals surface area contributed by atoms with Gasteiger partial charge in [-0.3, -0.25) is 4.79 Å². The second-order valence-electron chi connectivity index (χ2n) is 7.74. The zero-order chi connectivity index (χ0) is 19.7. The second kappa shape index (κ2) is 7.53. The van der Waals surface area contributed by atoms with Gasteiger partial charge in [0.05, 0.1) is 11.3 Å². The Morgan fingerprint density at radius 3 is 1.36 bits per heavy atom. The molecule has 3 aromatic rings. The Morgan fingerprint density at radius 1 is 0.607 bits per heavy atom. The highest BCUT2D eigenvalue weighted by Gasteiger charge is 2.55. The van der Waals surface area contributed by atoms with Crippen LogP contribution in [0.1, 0.15) is 36.3 Å². The minimum Gasteiger partial charge on any atom is -0.317 e. The Bertz CT molecular complexity index is 939. The summed E-state index contributed by atoms with van der Waals surface area (Å²) in [4.78, 5) is 13.3. The van der Waals surface area contributed by atoms with Crippen molar-refractivity contribution in [2.45, 2.75) is 25.2 Å². The SMILES string of the molecule is C[C@@H]1C(=O)[C@H](C)[C@H](c2ccccc2)P(=O)(c2ccccc2)[C@H]1c1ccccc1. The van der Waals surface area contributed by atoms with Crippen LogP contribution in [0.25, 0.3) is 0 Å². The standard InChI is InChI=1S/C25H25O2P/c1-18-23(26)19(2)25(21-14-8-4-9-15-21)28(27,22-16-10-5-11-17-22)24(18)20-12-6-3-7-13-20/h3-19,24-25H,1-2H3/t18-,19+,24-,25-,28?/m1/s1. The van der Waals surface area contributed by atoms with Gasteiger partial charge in [0.15, 0.2) is 0 Å². The van der Waals surface area contributed by atoms with Crippen LogP contribution in [0.2, 0.25) is 0 Å². The fraction of sp³-hybridized carbons (Fsp3) is 0.240. The normalized spacial score (nSPS) is 30.1. The van der Waals surface area contributed by atoms with Crippen LogP contribution in [0.5, 0.6) is 0 Å². The summed E-state index contributed by atoms with van der Waals surface area (Å²) in [5.41, 5.74) is 1.35. The molecule has 0 aliphatic carbocycles. The highest BCUT2D eigenvalue weighted by molar-refractivity contribution is 7.72. The van der Waals surface area contributed by atoms with E-state index in [4.69, 9.17) is 0 Å². The van der Waals surface area contributed by atoms with Crippen molar-refractivity contribution in [3.05, 3.63) is 102 Å². The molecule has 1 unspecified atom stereocenters. The first-order valence-electron chi connectivity index (χ1n) is 9.83. The molecule has 0 aromatic heterocycles. The molecule has 1 aliphatic rings. The molecule has 28 heavy (non-hydrogen) atoms. The van der Waals surface area contributed by atoms with Crippen LogP contribution in [0.3, 0.4) is 0 Å². The van der Waals surface area contributed by atoms with Crippen LogP contribution in [-0.2, 0) is 9.36 Å². The number of carbonyl (C=O) groups excluding carboxylic acids is 1. The summed E-state index contributed by atoms with van der Waals surface area (Å²) in [6.07, 6.45) is 0. The highest BCUT2D eigenvalue weighted by atomic mass is 31.2. The fourth-order valence-electron chi connectivity index (χ4n) is 4.87. The summed E-state index contributed by atoms with van der Waals surface area (Å²) in [7, 11) is -3.00. The van der Waals surface area contributed by atoms with Gasteiger partial charge in [-0.05, 0) is 11.1 Å². The fourth-order valence-corrected chi connectivity index (χ4v) is 9.35. The molecule has 1 aliphatic heterocycles. The molecule has 142 valence electrons. The summed E-state index contributed by atoms with van der Waals surface area (Å²) >= 11 is 0. The van der Waals surface area contributed by atoms with Gasteiger partial charge >= 0.3 is 0 Å². The van der Waals surface area contributed by atoms with E-state index in [0.717, 1.165) is 16.4 Å². The van der Waals surface area contributed by atoms with Gasteiger partial charge in [-0.2, -0.15) is 0 Å². The van der Waals surface area contributed by atoms with Gasteiger partial charge in [0.2, 0.25) is 0 Å². The van der Waals surface area contributed by atoms with Crippen molar-refractivity contribution >= 4 is 18.2 Å². The molecule has 0 bridgehead atoms. The Hall–Kier alpha value is -2.44. The third kappa shape index (κ3) is 2.97. The van der Waals surface area contributed by atoms with Crippen molar-refractivity contribution in [3.63, 3.8) is 0 Å². The zero-order valence-corrected chi connectivity index (χ0v) is 17.1. The molecule has 0 saturated carbocycles. The Labute approximate surface area is 167 Å². The average Bonchev–Trinajstić information content (AvgIpc) is 2.74. The van der Waals surface area contributed by atoms with Crippen molar-refractivity contribution in [1.29, 1.82) is 0 Å². The lowest BCUT2D eigenvalue weighted by Crippen LogP contribution is -2.38. The largest absolute Gasteiger partial charge is 0.317 e. The summed E-state index contributed by atoms with van der Waals surface area (Å²) in [6.45, 7) is 3.90. The predicted molar refractivity (Wildman–Crippen MR) is 115 cm³/mol. The van der Waals surface area contributed by atoms with Crippen molar-refractivity contribution in [3.8, 4) is 0 Å². The monoisotopic (exact) mass is 388 g/mol. The van der Waals surface area contributed by atoms with E-state index in [1.807, 2.05) is 105 Å². The zero-order valence-electron chi connectivity index (χ0n) is 16.2. The Balaban J connectivity index is 2.01. The van der Waals surface area contributed by atoms with E-state index in [1.165, 1.54) is 0 Å². The van der Waals surface area contributed by atoms with Gasteiger partial charge in [0, 0.05) is 17.1 Å². The topological polar surface area (TPSA) is 34.1 Å². The molecule has 0 N–H and O–H groups in total. The first-order chi connectivity index (χ1) is 13.5. The lowest BCUT2D eigenvalue weighted by atomic mass is 9.85. The third-order valence-corrected chi connectivity index (χ3v) is 10.4. The van der Waals surface area contributed by atoms with E-state index in [-0.39, 0.29) is 28.9 Å². The third-order valence-electron chi connectivity index (χ3n) is 6.11. The molecule has 0 radical (unpaired) electrons. The molecular weight excluding hydrogens is 363 g/mol. The quantitative estimate of drug-likeness (QED) is 0.515. The number of carbonyl (C=O) groups is 1. The molecule has 3 heteroatoms. The molecule has 2 nitrogen and oxygen atoms in total. The van der Waals surface area contributed by atoms with Gasteiger partial charge in [-0.1, -0.05) is 105 Å². The Morgan fingerprint density at radius 2 is 0.964 bits per heavy atom. The minimum absolute atomic E-state index is 0.199. The lowest BCUT2D eigenvalue weighted by molar-refractivity contribution is -0.126. The predicted octanol–water partition coefficient (Wildman–Crippen LogP) is 6.01. The average molecular weight is 388 g/mol. The molecular formula is C25H25O2P. The molecule has 5 atom stereocenters. The summed E-state index contributed by atoms with van der Waals surface area (Å²) in [5.74, 6) is -0.378. The Kier molecular flexibility index (Phi) is 5.08. The molecule has 0 amide bonds. The number of hydrogen-bond donors (Lipinski definition) is 0. The van der Waals surface area contributed by atoms with Gasteiger partial charge in [0.1, 0.15) is 12.9 Å². The van der Waals surface area contributed by atoms with E-state index in [1.54, 1.807) is 0 Å².